The Morgan fingerprint density at radius 3 is 2.58 bits per heavy atom. The van der Waals surface area contributed by atoms with Crippen LogP contribution in [0.5, 0.6) is 0 Å². The van der Waals surface area contributed by atoms with Crippen molar-refractivity contribution in [3.63, 3.8) is 0 Å². The van der Waals surface area contributed by atoms with Crippen molar-refractivity contribution in [2.24, 2.45) is 11.3 Å². The Balaban J connectivity index is 1.72. The van der Waals surface area contributed by atoms with Gasteiger partial charge in [0.05, 0.1) is 0 Å². The van der Waals surface area contributed by atoms with Gasteiger partial charge in [0.2, 0.25) is 0 Å². The highest BCUT2D eigenvalue weighted by molar-refractivity contribution is 4.87. The second-order valence-corrected chi connectivity index (χ2v) is 7.43. The summed E-state index contributed by atoms with van der Waals surface area (Å²) in [6, 6.07) is 0.833. The second-order valence-electron chi connectivity index (χ2n) is 7.43. The lowest BCUT2D eigenvalue weighted by Crippen LogP contribution is -2.42. The summed E-state index contributed by atoms with van der Waals surface area (Å²) in [4.78, 5) is 5.04. The molecule has 1 heterocycles. The zero-order chi connectivity index (χ0) is 13.9. The van der Waals surface area contributed by atoms with E-state index < -0.39 is 0 Å². The maximum atomic E-state index is 3.72. The molecule has 0 aromatic carbocycles. The van der Waals surface area contributed by atoms with Crippen LogP contribution in [-0.2, 0) is 0 Å². The van der Waals surface area contributed by atoms with E-state index in [0.29, 0.717) is 5.41 Å². The monoisotopic (exact) mass is 267 g/mol. The van der Waals surface area contributed by atoms with Gasteiger partial charge in [-0.1, -0.05) is 13.8 Å². The van der Waals surface area contributed by atoms with Crippen LogP contribution in [0.1, 0.15) is 39.5 Å². The molecule has 3 heteroatoms. The van der Waals surface area contributed by atoms with E-state index in [-0.39, 0.29) is 0 Å². The van der Waals surface area contributed by atoms with Crippen molar-refractivity contribution in [3.05, 3.63) is 0 Å². The first-order valence-corrected chi connectivity index (χ1v) is 8.11. The molecule has 0 amide bonds. The number of rotatable bonds is 8. The van der Waals surface area contributed by atoms with E-state index in [4.69, 9.17) is 0 Å². The van der Waals surface area contributed by atoms with Gasteiger partial charge in [-0.25, -0.2) is 0 Å². The molecule has 0 aromatic heterocycles. The maximum Gasteiger partial charge on any atom is 0.00684 e. The molecule has 0 bridgehead atoms. The molecule has 3 nitrogen and oxygen atoms in total. The van der Waals surface area contributed by atoms with E-state index in [1.807, 2.05) is 0 Å². The summed E-state index contributed by atoms with van der Waals surface area (Å²) in [7, 11) is 4.55. The summed E-state index contributed by atoms with van der Waals surface area (Å²) in [5.74, 6) is 0.882. The van der Waals surface area contributed by atoms with E-state index in [1.54, 1.807) is 0 Å². The van der Waals surface area contributed by atoms with Crippen molar-refractivity contribution in [1.82, 2.24) is 15.1 Å². The molecule has 0 aromatic rings. The van der Waals surface area contributed by atoms with E-state index in [0.717, 1.165) is 12.0 Å². The molecular formula is C16H33N3. The zero-order valence-corrected chi connectivity index (χ0v) is 13.4. The highest BCUT2D eigenvalue weighted by atomic mass is 15.2. The largest absolute Gasteiger partial charge is 0.313 e. The highest BCUT2D eigenvalue weighted by Crippen LogP contribution is 2.26. The van der Waals surface area contributed by atoms with Crippen LogP contribution >= 0.6 is 0 Å². The molecule has 2 aliphatic rings. The van der Waals surface area contributed by atoms with Crippen LogP contribution in [0.2, 0.25) is 0 Å². The topological polar surface area (TPSA) is 18.5 Å². The average molecular weight is 267 g/mol. The molecule has 0 spiro atoms. The first kappa shape index (κ1) is 15.3. The molecule has 1 saturated carbocycles. The highest BCUT2D eigenvalue weighted by Gasteiger charge is 2.29. The smallest absolute Gasteiger partial charge is 0.00684 e. The molecule has 1 aliphatic carbocycles. The number of nitrogens with one attached hydrogen (secondary N) is 1. The number of nitrogens with zero attached hydrogens (tertiary/aromatic N) is 2. The van der Waals surface area contributed by atoms with Gasteiger partial charge in [-0.2, -0.15) is 0 Å². The summed E-state index contributed by atoms with van der Waals surface area (Å²) in [6.45, 7) is 11.0. The standard InChI is InChI=1S/C16H33N3/c1-5-16(2,12-17-15-6-7-15)13-19(4)11-14-8-9-18(3)10-14/h14-15,17H,5-13H2,1-4H3. The SMILES string of the molecule is CCC(C)(CNC1CC1)CN(C)CC1CCN(C)C1. The van der Waals surface area contributed by atoms with E-state index in [2.05, 4.69) is 43.1 Å². The van der Waals surface area contributed by atoms with Gasteiger partial charge in [0.25, 0.3) is 0 Å². The predicted octanol–water partition coefficient (Wildman–Crippen LogP) is 2.04. The predicted molar refractivity (Wildman–Crippen MR) is 82.5 cm³/mol. The molecule has 1 aliphatic heterocycles. The van der Waals surface area contributed by atoms with Gasteiger partial charge in [-0.3, -0.25) is 0 Å². The fraction of sp³-hybridized carbons (Fsp3) is 1.00. The van der Waals surface area contributed by atoms with Crippen LogP contribution in [0, 0.1) is 11.3 Å². The average Bonchev–Trinajstić information content (AvgIpc) is 3.10. The van der Waals surface area contributed by atoms with Crippen molar-refractivity contribution < 1.29 is 0 Å². The van der Waals surface area contributed by atoms with Crippen LogP contribution in [0.4, 0.5) is 0 Å². The van der Waals surface area contributed by atoms with Gasteiger partial charge in [0.1, 0.15) is 0 Å². The molecular weight excluding hydrogens is 234 g/mol. The Hall–Kier alpha value is -0.120. The molecule has 0 radical (unpaired) electrons. The van der Waals surface area contributed by atoms with Gasteiger partial charge in [0, 0.05) is 32.2 Å². The van der Waals surface area contributed by atoms with Crippen LogP contribution in [0.25, 0.3) is 0 Å². The minimum Gasteiger partial charge on any atom is -0.313 e. The van der Waals surface area contributed by atoms with Crippen molar-refractivity contribution in [2.45, 2.75) is 45.6 Å². The lowest BCUT2D eigenvalue weighted by molar-refractivity contribution is 0.163. The lowest BCUT2D eigenvalue weighted by atomic mass is 9.86. The Bertz CT molecular complexity index is 277. The Kier molecular flexibility index (Phi) is 5.27. The number of hydrogen-bond donors (Lipinski definition) is 1. The second kappa shape index (κ2) is 6.55. The molecule has 19 heavy (non-hydrogen) atoms. The summed E-state index contributed by atoms with van der Waals surface area (Å²) in [5, 5.41) is 3.72. The fourth-order valence-corrected chi connectivity index (χ4v) is 3.30. The van der Waals surface area contributed by atoms with E-state index >= 15 is 0 Å². The summed E-state index contributed by atoms with van der Waals surface area (Å²) < 4.78 is 0. The molecule has 1 saturated heterocycles. The van der Waals surface area contributed by atoms with Crippen LogP contribution in [0.15, 0.2) is 0 Å². The third-order valence-corrected chi connectivity index (χ3v) is 4.96. The first-order valence-electron chi connectivity index (χ1n) is 8.11. The van der Waals surface area contributed by atoms with Gasteiger partial charge in [-0.15, -0.1) is 0 Å². The Labute approximate surface area is 119 Å². The normalized spacial score (nSPS) is 27.9. The minimum absolute atomic E-state index is 0.432. The third-order valence-electron chi connectivity index (χ3n) is 4.96. The molecule has 2 fully saturated rings. The van der Waals surface area contributed by atoms with Gasteiger partial charge in [-0.05, 0) is 57.7 Å². The number of likely N-dealkylation sites (tertiary alicyclic amines) is 1. The minimum atomic E-state index is 0.432. The van der Waals surface area contributed by atoms with E-state index in [9.17, 15) is 0 Å². The Morgan fingerprint density at radius 1 is 1.32 bits per heavy atom. The van der Waals surface area contributed by atoms with Gasteiger partial charge < -0.3 is 15.1 Å². The number of hydrogen-bond acceptors (Lipinski definition) is 3. The Morgan fingerprint density at radius 2 is 2.05 bits per heavy atom. The van der Waals surface area contributed by atoms with Crippen molar-refractivity contribution in [3.8, 4) is 0 Å². The van der Waals surface area contributed by atoms with Crippen LogP contribution in [0.3, 0.4) is 0 Å². The van der Waals surface area contributed by atoms with Crippen molar-refractivity contribution in [2.75, 3.05) is 46.8 Å². The van der Waals surface area contributed by atoms with Gasteiger partial charge in [0.15, 0.2) is 0 Å². The van der Waals surface area contributed by atoms with E-state index in [1.165, 1.54) is 58.4 Å². The summed E-state index contributed by atoms with van der Waals surface area (Å²) in [5.41, 5.74) is 0.432. The fourth-order valence-electron chi connectivity index (χ4n) is 3.30. The molecule has 112 valence electrons. The van der Waals surface area contributed by atoms with Crippen molar-refractivity contribution >= 4 is 0 Å². The molecule has 2 atom stereocenters. The van der Waals surface area contributed by atoms with Gasteiger partial charge >= 0.3 is 0 Å². The quantitative estimate of drug-likeness (QED) is 0.726. The molecule has 1 N–H and O–H groups in total. The van der Waals surface area contributed by atoms with Crippen molar-refractivity contribution in [1.29, 1.82) is 0 Å². The summed E-state index contributed by atoms with van der Waals surface area (Å²) >= 11 is 0. The lowest BCUT2D eigenvalue weighted by Gasteiger charge is -2.34. The molecule has 2 unspecified atom stereocenters. The maximum absolute atomic E-state index is 3.72. The summed E-state index contributed by atoms with van der Waals surface area (Å²) in [6.07, 6.45) is 5.43. The van der Waals surface area contributed by atoms with Crippen LogP contribution < -0.4 is 5.32 Å². The van der Waals surface area contributed by atoms with Crippen LogP contribution in [-0.4, -0.2) is 62.7 Å². The first-order chi connectivity index (χ1) is 9.00. The zero-order valence-electron chi connectivity index (χ0n) is 13.4. The molecule has 2 rings (SSSR count). The third kappa shape index (κ3) is 5.05.